The molecule has 1 aliphatic heterocycles. The van der Waals surface area contributed by atoms with E-state index >= 15 is 0 Å². The van der Waals surface area contributed by atoms with Crippen molar-refractivity contribution in [3.63, 3.8) is 0 Å². The van der Waals surface area contributed by atoms with Crippen LogP contribution in [0.25, 0.3) is 0 Å². The van der Waals surface area contributed by atoms with Crippen LogP contribution in [0.4, 0.5) is 0 Å². The van der Waals surface area contributed by atoms with Crippen molar-refractivity contribution in [3.05, 3.63) is 11.6 Å². The number of fused-ring (bicyclic) bond motifs is 5. The Hall–Kier alpha value is -0.750. The number of carbonyl (C=O) groups is 1. The van der Waals surface area contributed by atoms with Crippen molar-refractivity contribution in [2.45, 2.75) is 124 Å². The predicted molar refractivity (Wildman–Crippen MR) is 140 cm³/mol. The summed E-state index contributed by atoms with van der Waals surface area (Å²) >= 11 is 0. The van der Waals surface area contributed by atoms with E-state index in [9.17, 15) is 15.0 Å². The maximum absolute atomic E-state index is 12.9. The van der Waals surface area contributed by atoms with E-state index in [2.05, 4.69) is 40.7 Å². The van der Waals surface area contributed by atoms with E-state index in [1.54, 1.807) is 26.5 Å². The molecule has 36 heavy (non-hydrogen) atoms. The lowest BCUT2D eigenvalue weighted by molar-refractivity contribution is -0.184. The highest BCUT2D eigenvalue weighted by Crippen LogP contribution is 2.73. The minimum atomic E-state index is -1.21. The second kappa shape index (κ2) is 8.37. The number of aliphatic hydroxyl groups excluding tert-OH is 1. The first-order valence-electron chi connectivity index (χ1n) is 14.4. The minimum absolute atomic E-state index is 0.130. The van der Waals surface area contributed by atoms with Crippen molar-refractivity contribution in [3.8, 4) is 0 Å². The van der Waals surface area contributed by atoms with Crippen molar-refractivity contribution in [1.29, 1.82) is 0 Å². The van der Waals surface area contributed by atoms with E-state index < -0.39 is 17.8 Å². The fraction of sp³-hybridized carbons (Fsp3) is 0.903. The van der Waals surface area contributed by atoms with Gasteiger partial charge in [-0.25, -0.2) is 0 Å². The minimum Gasteiger partial charge on any atom is -0.388 e. The van der Waals surface area contributed by atoms with E-state index in [0.29, 0.717) is 23.5 Å². The molecule has 5 nitrogen and oxygen atoms in total. The highest BCUT2D eigenvalue weighted by atomic mass is 16.7. The van der Waals surface area contributed by atoms with Gasteiger partial charge in [-0.2, -0.15) is 0 Å². The number of Topliss-reactive ketones (excluding diaryl/α,β-unsaturated/α-hetero) is 1. The number of hydrogen-bond acceptors (Lipinski definition) is 5. The molecule has 3 saturated carbocycles. The van der Waals surface area contributed by atoms with Crippen molar-refractivity contribution < 1.29 is 24.5 Å². The summed E-state index contributed by atoms with van der Waals surface area (Å²) in [4.78, 5) is 12.9. The van der Waals surface area contributed by atoms with Crippen molar-refractivity contribution in [2.75, 3.05) is 7.11 Å². The standard InChI is InChI=1S/C31H50O5/c1-27(2)23-10-9-21-20(29(23,5)14-13-24(27)32)12-16-30(6)19(11-15-31(21,30)7)18-17-22(36-26(18)35-8)25(33)28(3,4)34/h9,18-20,22-23,25-26,33-34H,10-17H2,1-8H3/t18-,19-,20-,22+,23-,25?,26-,29+,30-,31+/m0/s1. The molecule has 5 heteroatoms. The molecule has 4 fully saturated rings. The van der Waals surface area contributed by atoms with Crippen LogP contribution in [0.2, 0.25) is 0 Å². The van der Waals surface area contributed by atoms with E-state index in [4.69, 9.17) is 9.47 Å². The number of rotatable bonds is 4. The number of ketones is 1. The highest BCUT2D eigenvalue weighted by Gasteiger charge is 2.66. The van der Waals surface area contributed by atoms with Crippen molar-refractivity contribution in [2.24, 2.45) is 45.3 Å². The van der Waals surface area contributed by atoms with E-state index in [1.807, 2.05) is 0 Å². The third-order valence-corrected chi connectivity index (χ3v) is 12.6. The average Bonchev–Trinajstić information content (AvgIpc) is 3.33. The maximum Gasteiger partial charge on any atom is 0.160 e. The number of carbonyl (C=O) groups excluding carboxylic acids is 1. The van der Waals surface area contributed by atoms with E-state index in [0.717, 1.165) is 32.1 Å². The van der Waals surface area contributed by atoms with Crippen LogP contribution in [0.5, 0.6) is 0 Å². The zero-order valence-corrected chi connectivity index (χ0v) is 23.9. The van der Waals surface area contributed by atoms with Gasteiger partial charge in [-0.15, -0.1) is 0 Å². The van der Waals surface area contributed by atoms with Gasteiger partial charge in [0.05, 0.1) is 11.7 Å². The van der Waals surface area contributed by atoms with Crippen LogP contribution in [0.3, 0.4) is 0 Å². The summed E-state index contributed by atoms with van der Waals surface area (Å²) in [6.07, 6.45) is 9.03. The highest BCUT2D eigenvalue weighted by molar-refractivity contribution is 5.85. The Bertz CT molecular complexity index is 932. The van der Waals surface area contributed by atoms with Gasteiger partial charge in [0.1, 0.15) is 11.9 Å². The van der Waals surface area contributed by atoms with Crippen LogP contribution in [0.15, 0.2) is 11.6 Å². The molecular formula is C31H50O5. The SMILES string of the molecule is CO[C@H]1O[C@@H](C(O)C(C)(C)O)C[C@H]1[C@@H]1CC[C@]2(C)C3=CC[C@H]4C(C)(C)C(=O)CC[C@]4(C)[C@H]3CC[C@@]12C. The van der Waals surface area contributed by atoms with Gasteiger partial charge in [-0.3, -0.25) is 4.79 Å². The summed E-state index contributed by atoms with van der Waals surface area (Å²) in [7, 11) is 1.71. The molecule has 1 saturated heterocycles. The second-order valence-corrected chi connectivity index (χ2v) is 14.9. The summed E-state index contributed by atoms with van der Waals surface area (Å²) in [6.45, 7) is 15.2. The Morgan fingerprint density at radius 3 is 2.44 bits per heavy atom. The van der Waals surface area contributed by atoms with Gasteiger partial charge in [0.25, 0.3) is 0 Å². The van der Waals surface area contributed by atoms with Gasteiger partial charge in [-0.1, -0.05) is 46.3 Å². The van der Waals surface area contributed by atoms with Crippen LogP contribution >= 0.6 is 0 Å². The second-order valence-electron chi connectivity index (χ2n) is 14.9. The topological polar surface area (TPSA) is 76.0 Å². The first-order chi connectivity index (χ1) is 16.6. The van der Waals surface area contributed by atoms with Gasteiger partial charge in [0.15, 0.2) is 6.29 Å². The van der Waals surface area contributed by atoms with Gasteiger partial charge in [0.2, 0.25) is 0 Å². The van der Waals surface area contributed by atoms with E-state index in [-0.39, 0.29) is 33.9 Å². The number of ether oxygens (including phenoxy) is 2. The molecule has 5 aliphatic rings. The van der Waals surface area contributed by atoms with Crippen LogP contribution in [0, 0.1) is 45.3 Å². The van der Waals surface area contributed by atoms with E-state index in [1.165, 1.54) is 19.3 Å². The Labute approximate surface area is 218 Å². The summed E-state index contributed by atoms with van der Waals surface area (Å²) < 4.78 is 12.1. The van der Waals surface area contributed by atoms with Crippen molar-refractivity contribution in [1.82, 2.24) is 0 Å². The van der Waals surface area contributed by atoms with Crippen LogP contribution in [-0.4, -0.2) is 47.2 Å². The molecular weight excluding hydrogens is 452 g/mol. The number of methoxy groups -OCH3 is 1. The Morgan fingerprint density at radius 1 is 1.11 bits per heavy atom. The van der Waals surface area contributed by atoms with Crippen molar-refractivity contribution >= 4 is 5.78 Å². The Kier molecular flexibility index (Phi) is 6.24. The predicted octanol–water partition coefficient (Wildman–Crippen LogP) is 5.67. The fourth-order valence-electron chi connectivity index (χ4n) is 10.2. The lowest BCUT2D eigenvalue weighted by Gasteiger charge is -2.63. The lowest BCUT2D eigenvalue weighted by atomic mass is 9.41. The normalized spacial score (nSPS) is 49.2. The molecule has 5 rings (SSSR count). The largest absolute Gasteiger partial charge is 0.388 e. The molecule has 0 aromatic heterocycles. The molecule has 1 heterocycles. The van der Waals surface area contributed by atoms with Crippen LogP contribution < -0.4 is 0 Å². The summed E-state index contributed by atoms with van der Waals surface area (Å²) in [6, 6.07) is 0. The number of aliphatic hydroxyl groups is 2. The van der Waals surface area contributed by atoms with Gasteiger partial charge in [-0.05, 0) is 92.8 Å². The number of allylic oxidation sites excluding steroid dienone is 2. The van der Waals surface area contributed by atoms with Gasteiger partial charge >= 0.3 is 0 Å². The molecule has 0 amide bonds. The zero-order valence-electron chi connectivity index (χ0n) is 23.9. The molecule has 0 radical (unpaired) electrons. The Balaban J connectivity index is 1.45. The lowest BCUT2D eigenvalue weighted by Crippen LogP contribution is -2.57. The molecule has 10 atom stereocenters. The summed E-state index contributed by atoms with van der Waals surface area (Å²) in [5.41, 5.74) is 0.681. The Morgan fingerprint density at radius 2 is 1.81 bits per heavy atom. The maximum atomic E-state index is 12.9. The molecule has 1 unspecified atom stereocenters. The quantitative estimate of drug-likeness (QED) is 0.485. The van der Waals surface area contributed by atoms with Crippen LogP contribution in [-0.2, 0) is 14.3 Å². The van der Waals surface area contributed by atoms with Gasteiger partial charge in [0, 0.05) is 24.9 Å². The number of hydrogen-bond donors (Lipinski definition) is 2. The zero-order chi connectivity index (χ0) is 26.5. The molecule has 2 N–H and O–H groups in total. The average molecular weight is 503 g/mol. The molecule has 4 aliphatic carbocycles. The monoisotopic (exact) mass is 502 g/mol. The molecule has 0 aromatic rings. The van der Waals surface area contributed by atoms with Crippen LogP contribution in [0.1, 0.15) is 99.8 Å². The van der Waals surface area contributed by atoms with Gasteiger partial charge < -0.3 is 19.7 Å². The summed E-state index contributed by atoms with van der Waals surface area (Å²) in [5, 5.41) is 21.2. The first-order valence-corrected chi connectivity index (χ1v) is 14.4. The first kappa shape index (κ1) is 26.8. The molecule has 0 aromatic carbocycles. The third-order valence-electron chi connectivity index (χ3n) is 12.6. The molecule has 0 spiro atoms. The molecule has 204 valence electrons. The molecule has 0 bridgehead atoms. The third kappa shape index (κ3) is 3.51. The smallest absolute Gasteiger partial charge is 0.160 e. The summed E-state index contributed by atoms with van der Waals surface area (Å²) in [5.74, 6) is 2.09. The fourth-order valence-corrected chi connectivity index (χ4v) is 10.2.